The lowest BCUT2D eigenvalue weighted by atomic mass is 10.2. The topological polar surface area (TPSA) is 160 Å². The highest BCUT2D eigenvalue weighted by molar-refractivity contribution is 7.89. The molecular formula is C22H31N5O7S. The Bertz CT molecular complexity index is 1400. The van der Waals surface area contributed by atoms with Crippen LogP contribution < -0.4 is 16.0 Å². The van der Waals surface area contributed by atoms with E-state index in [1.165, 1.54) is 29.8 Å². The highest BCUT2D eigenvalue weighted by Gasteiger charge is 2.26. The fraction of sp³-hybridized carbons (Fsp3) is 0.500. The minimum absolute atomic E-state index is 0.0995. The molecule has 0 aliphatic rings. The van der Waals surface area contributed by atoms with Gasteiger partial charge in [-0.05, 0) is 31.0 Å². The molecule has 0 aliphatic carbocycles. The predicted molar refractivity (Wildman–Crippen MR) is 130 cm³/mol. The third kappa shape index (κ3) is 5.17. The minimum Gasteiger partial charge on any atom is -0.493 e. The van der Waals surface area contributed by atoms with E-state index in [1.54, 1.807) is 0 Å². The number of fused-ring (bicyclic) bond motifs is 1. The van der Waals surface area contributed by atoms with E-state index in [0.29, 0.717) is 37.3 Å². The van der Waals surface area contributed by atoms with Gasteiger partial charge in [-0.2, -0.15) is 4.31 Å². The van der Waals surface area contributed by atoms with Crippen LogP contribution >= 0.6 is 0 Å². The van der Waals surface area contributed by atoms with Crippen LogP contribution in [0, 0.1) is 0 Å². The molecule has 3 N–H and O–H groups in total. The van der Waals surface area contributed by atoms with Crippen LogP contribution in [0.3, 0.4) is 0 Å². The molecule has 13 heteroatoms. The molecule has 0 aliphatic heterocycles. The van der Waals surface area contributed by atoms with Gasteiger partial charge in [0.2, 0.25) is 10.0 Å². The minimum atomic E-state index is -4.07. The third-order valence-electron chi connectivity index (χ3n) is 5.43. The number of nitrogens with one attached hydrogen (secondary N) is 1. The second-order valence-corrected chi connectivity index (χ2v) is 9.88. The Morgan fingerprint density at radius 1 is 1.11 bits per heavy atom. The Morgan fingerprint density at radius 2 is 1.80 bits per heavy atom. The number of imidazole rings is 1. The SMILES string of the molecule is CCCOc1ccc(S(=O)(=O)N(CCO)CCO)cc1-c1nc2c([nH]1)c(=O)n(C)c(=O)n2CCC. The molecule has 0 bridgehead atoms. The molecule has 3 aromatic rings. The first-order valence-electron chi connectivity index (χ1n) is 11.4. The van der Waals surface area contributed by atoms with Crippen molar-refractivity contribution in [2.75, 3.05) is 32.9 Å². The maximum absolute atomic E-state index is 13.2. The van der Waals surface area contributed by atoms with Crippen molar-refractivity contribution in [1.29, 1.82) is 0 Å². The molecule has 0 spiro atoms. The van der Waals surface area contributed by atoms with Gasteiger partial charge in [-0.25, -0.2) is 18.2 Å². The summed E-state index contributed by atoms with van der Waals surface area (Å²) in [6, 6.07) is 4.24. The van der Waals surface area contributed by atoms with Crippen LogP contribution in [0.2, 0.25) is 0 Å². The number of aliphatic hydroxyl groups is 2. The number of hydrogen-bond donors (Lipinski definition) is 3. The normalized spacial score (nSPS) is 12.1. The summed E-state index contributed by atoms with van der Waals surface area (Å²) in [6.45, 7) is 3.34. The lowest BCUT2D eigenvalue weighted by Gasteiger charge is -2.21. The summed E-state index contributed by atoms with van der Waals surface area (Å²) in [5.41, 5.74) is -0.460. The molecule has 0 saturated carbocycles. The molecule has 0 unspecified atom stereocenters. The van der Waals surface area contributed by atoms with E-state index >= 15 is 0 Å². The molecule has 0 fully saturated rings. The third-order valence-corrected chi connectivity index (χ3v) is 7.32. The summed E-state index contributed by atoms with van der Waals surface area (Å²) in [4.78, 5) is 32.8. The van der Waals surface area contributed by atoms with Crippen molar-refractivity contribution in [3.63, 3.8) is 0 Å². The first-order valence-corrected chi connectivity index (χ1v) is 12.8. The summed E-state index contributed by atoms with van der Waals surface area (Å²) in [5, 5.41) is 18.6. The van der Waals surface area contributed by atoms with Crippen LogP contribution in [0.25, 0.3) is 22.6 Å². The van der Waals surface area contributed by atoms with Gasteiger partial charge in [-0.3, -0.25) is 13.9 Å². The summed E-state index contributed by atoms with van der Waals surface area (Å²) in [6.07, 6.45) is 1.34. The largest absolute Gasteiger partial charge is 0.493 e. The van der Waals surface area contributed by atoms with Gasteiger partial charge in [0.1, 0.15) is 17.1 Å². The molecule has 2 aromatic heterocycles. The molecule has 0 atom stereocenters. The van der Waals surface area contributed by atoms with Gasteiger partial charge in [0.05, 0.1) is 30.3 Å². The van der Waals surface area contributed by atoms with Crippen LogP contribution in [0.15, 0.2) is 32.7 Å². The zero-order valence-electron chi connectivity index (χ0n) is 20.0. The molecule has 0 saturated heterocycles. The van der Waals surface area contributed by atoms with Gasteiger partial charge in [-0.1, -0.05) is 13.8 Å². The summed E-state index contributed by atoms with van der Waals surface area (Å²) in [5.74, 6) is 0.522. The van der Waals surface area contributed by atoms with Gasteiger partial charge in [0, 0.05) is 26.7 Å². The second kappa shape index (κ2) is 11.2. The van der Waals surface area contributed by atoms with E-state index in [0.717, 1.165) is 8.87 Å². The number of aromatic nitrogens is 4. The lowest BCUT2D eigenvalue weighted by molar-refractivity contribution is 0.217. The maximum Gasteiger partial charge on any atom is 0.332 e. The van der Waals surface area contributed by atoms with Crippen molar-refractivity contribution in [3.8, 4) is 17.1 Å². The molecule has 1 aromatic carbocycles. The quantitative estimate of drug-likeness (QED) is 0.314. The zero-order valence-corrected chi connectivity index (χ0v) is 20.8. The molecule has 2 heterocycles. The molecule has 35 heavy (non-hydrogen) atoms. The van der Waals surface area contributed by atoms with Crippen molar-refractivity contribution < 1.29 is 23.4 Å². The number of nitrogens with zero attached hydrogens (tertiary/aromatic N) is 4. The van der Waals surface area contributed by atoms with Gasteiger partial charge in [0.25, 0.3) is 5.56 Å². The molecular weight excluding hydrogens is 478 g/mol. The van der Waals surface area contributed by atoms with Crippen LogP contribution in [-0.4, -0.2) is 74.9 Å². The number of H-pyrrole nitrogens is 1. The Balaban J connectivity index is 2.26. The number of aliphatic hydroxyl groups excluding tert-OH is 2. The van der Waals surface area contributed by atoms with E-state index in [4.69, 9.17) is 4.74 Å². The van der Waals surface area contributed by atoms with E-state index in [2.05, 4.69) is 9.97 Å². The highest BCUT2D eigenvalue weighted by Crippen LogP contribution is 2.32. The number of aryl methyl sites for hydroxylation is 1. The smallest absolute Gasteiger partial charge is 0.332 e. The maximum atomic E-state index is 13.2. The average molecular weight is 510 g/mol. The second-order valence-electron chi connectivity index (χ2n) is 7.94. The number of ether oxygens (including phenoxy) is 1. The first-order chi connectivity index (χ1) is 16.7. The fourth-order valence-corrected chi connectivity index (χ4v) is 5.15. The fourth-order valence-electron chi connectivity index (χ4n) is 3.70. The van der Waals surface area contributed by atoms with Crippen LogP contribution in [0.4, 0.5) is 0 Å². The Morgan fingerprint density at radius 3 is 2.40 bits per heavy atom. The number of benzene rings is 1. The average Bonchev–Trinajstić information content (AvgIpc) is 3.29. The van der Waals surface area contributed by atoms with E-state index in [9.17, 15) is 28.2 Å². The van der Waals surface area contributed by atoms with Gasteiger partial charge < -0.3 is 19.9 Å². The number of aromatic amines is 1. The molecule has 0 amide bonds. The van der Waals surface area contributed by atoms with Gasteiger partial charge >= 0.3 is 5.69 Å². The van der Waals surface area contributed by atoms with Crippen molar-refractivity contribution in [1.82, 2.24) is 23.4 Å². The summed E-state index contributed by atoms with van der Waals surface area (Å²) < 4.78 is 35.6. The number of hydrogen-bond acceptors (Lipinski definition) is 8. The van der Waals surface area contributed by atoms with Crippen molar-refractivity contribution in [2.45, 2.75) is 38.1 Å². The van der Waals surface area contributed by atoms with Gasteiger partial charge in [0.15, 0.2) is 5.65 Å². The lowest BCUT2D eigenvalue weighted by Crippen LogP contribution is -2.38. The highest BCUT2D eigenvalue weighted by atomic mass is 32.2. The number of rotatable bonds is 12. The van der Waals surface area contributed by atoms with E-state index in [1.807, 2.05) is 13.8 Å². The summed E-state index contributed by atoms with van der Waals surface area (Å²) >= 11 is 0. The molecule has 3 rings (SSSR count). The Hall–Kier alpha value is -3.00. The van der Waals surface area contributed by atoms with E-state index in [-0.39, 0.29) is 35.0 Å². The van der Waals surface area contributed by atoms with Crippen molar-refractivity contribution in [3.05, 3.63) is 39.0 Å². The standard InChI is InChI=1S/C22H31N5O7S/c1-4-8-27-20-18(21(30)25(3)22(27)31)23-19(24-20)16-14-15(6-7-17(16)34-13-5-2)35(32,33)26(9-11-28)10-12-29/h6-7,14,28-29H,4-5,8-13H2,1-3H3,(H,23,24). The van der Waals surface area contributed by atoms with Crippen LogP contribution in [0.5, 0.6) is 5.75 Å². The molecule has 0 radical (unpaired) electrons. The van der Waals surface area contributed by atoms with Gasteiger partial charge in [-0.15, -0.1) is 0 Å². The zero-order chi connectivity index (χ0) is 25.8. The Kier molecular flexibility index (Phi) is 8.48. The predicted octanol–water partition coefficient (Wildman–Crippen LogP) is 0.264. The van der Waals surface area contributed by atoms with Crippen molar-refractivity contribution in [2.24, 2.45) is 7.05 Å². The molecule has 192 valence electrons. The Labute approximate surface area is 202 Å². The van der Waals surface area contributed by atoms with Crippen molar-refractivity contribution >= 4 is 21.2 Å². The van der Waals surface area contributed by atoms with Crippen LogP contribution in [0.1, 0.15) is 26.7 Å². The summed E-state index contributed by atoms with van der Waals surface area (Å²) in [7, 11) is -2.68. The first kappa shape index (κ1) is 26.6. The van der Waals surface area contributed by atoms with Crippen LogP contribution in [-0.2, 0) is 23.6 Å². The monoisotopic (exact) mass is 509 g/mol. The number of sulfonamides is 1. The molecule has 12 nitrogen and oxygen atoms in total. The van der Waals surface area contributed by atoms with E-state index < -0.39 is 34.5 Å².